The molecule has 140 valence electrons. The molecule has 1 aliphatic carbocycles. The summed E-state index contributed by atoms with van der Waals surface area (Å²) in [4.78, 5) is 18.8. The quantitative estimate of drug-likeness (QED) is 0.738. The second kappa shape index (κ2) is 6.76. The standard InChI is InChI=1S/C21H26N6/c1-12(2)10-22-21-23-11-16-15(6-7-18(16)26-21)17-8-9-19-20(25-17)27(13(3)4)14(5)24-19/h6,8-9,11-13H,7,10H2,1-5H3,(H,22,23,26). The van der Waals surface area contributed by atoms with Crippen molar-refractivity contribution >= 4 is 22.7 Å². The first-order chi connectivity index (χ1) is 12.9. The largest absolute Gasteiger partial charge is 0.354 e. The highest BCUT2D eigenvalue weighted by Crippen LogP contribution is 2.32. The Labute approximate surface area is 159 Å². The molecule has 0 spiro atoms. The SMILES string of the molecule is Cc1nc2ccc(C3=CCc4nc(NCC(C)C)ncc43)nc2n1C(C)C. The second-order valence-electron chi connectivity index (χ2n) is 7.81. The molecule has 4 rings (SSSR count). The van der Waals surface area contributed by atoms with Gasteiger partial charge in [0.2, 0.25) is 5.95 Å². The third kappa shape index (κ3) is 3.20. The van der Waals surface area contributed by atoms with E-state index in [-0.39, 0.29) is 0 Å². The summed E-state index contributed by atoms with van der Waals surface area (Å²) in [6, 6.07) is 4.42. The number of hydrogen-bond acceptors (Lipinski definition) is 5. The molecule has 3 aromatic rings. The van der Waals surface area contributed by atoms with Crippen LogP contribution >= 0.6 is 0 Å². The lowest BCUT2D eigenvalue weighted by Gasteiger charge is -2.11. The maximum atomic E-state index is 4.94. The number of nitrogens with one attached hydrogen (secondary N) is 1. The molecule has 3 heterocycles. The number of fused-ring (bicyclic) bond motifs is 2. The van der Waals surface area contributed by atoms with Crippen LogP contribution in [0, 0.1) is 12.8 Å². The van der Waals surface area contributed by atoms with E-state index in [0.717, 1.165) is 52.5 Å². The summed E-state index contributed by atoms with van der Waals surface area (Å²) in [6.07, 6.45) is 4.93. The lowest BCUT2D eigenvalue weighted by Crippen LogP contribution is -2.11. The fourth-order valence-corrected chi connectivity index (χ4v) is 3.58. The minimum atomic E-state index is 0.320. The Bertz CT molecular complexity index is 1030. The van der Waals surface area contributed by atoms with Gasteiger partial charge in [-0.25, -0.2) is 19.9 Å². The van der Waals surface area contributed by atoms with E-state index in [1.807, 2.05) is 19.2 Å². The van der Waals surface area contributed by atoms with Crippen LogP contribution in [-0.2, 0) is 6.42 Å². The monoisotopic (exact) mass is 362 g/mol. The number of imidazole rings is 1. The second-order valence-corrected chi connectivity index (χ2v) is 7.81. The molecule has 0 fully saturated rings. The molecule has 1 N–H and O–H groups in total. The molecule has 0 aromatic carbocycles. The van der Waals surface area contributed by atoms with E-state index in [9.17, 15) is 0 Å². The topological polar surface area (TPSA) is 68.5 Å². The molecule has 6 nitrogen and oxygen atoms in total. The number of pyridine rings is 1. The molecule has 0 bridgehead atoms. The highest BCUT2D eigenvalue weighted by atomic mass is 15.1. The smallest absolute Gasteiger partial charge is 0.222 e. The van der Waals surface area contributed by atoms with Crippen molar-refractivity contribution < 1.29 is 0 Å². The summed E-state index contributed by atoms with van der Waals surface area (Å²) in [5, 5.41) is 3.30. The summed E-state index contributed by atoms with van der Waals surface area (Å²) in [5.41, 5.74) is 6.07. The van der Waals surface area contributed by atoms with Gasteiger partial charge in [-0.3, -0.25) is 0 Å². The van der Waals surface area contributed by atoms with Gasteiger partial charge in [-0.15, -0.1) is 0 Å². The van der Waals surface area contributed by atoms with Crippen LogP contribution in [0.25, 0.3) is 16.7 Å². The Kier molecular flexibility index (Phi) is 4.42. The summed E-state index contributed by atoms with van der Waals surface area (Å²) < 4.78 is 2.19. The minimum Gasteiger partial charge on any atom is -0.354 e. The van der Waals surface area contributed by atoms with Crippen LogP contribution in [0.3, 0.4) is 0 Å². The number of nitrogens with zero attached hydrogens (tertiary/aromatic N) is 5. The summed E-state index contributed by atoms with van der Waals surface area (Å²) in [5.74, 6) is 2.25. The Morgan fingerprint density at radius 3 is 2.67 bits per heavy atom. The average molecular weight is 362 g/mol. The Hall–Kier alpha value is -2.76. The molecule has 0 atom stereocenters. The van der Waals surface area contributed by atoms with E-state index in [1.165, 1.54) is 0 Å². The molecule has 3 aromatic heterocycles. The van der Waals surface area contributed by atoms with Crippen LogP contribution in [-0.4, -0.2) is 31.0 Å². The van der Waals surface area contributed by atoms with Crippen LogP contribution in [0.15, 0.2) is 24.4 Å². The van der Waals surface area contributed by atoms with E-state index in [2.05, 4.69) is 59.7 Å². The fourth-order valence-electron chi connectivity index (χ4n) is 3.58. The highest BCUT2D eigenvalue weighted by Gasteiger charge is 2.21. The first-order valence-corrected chi connectivity index (χ1v) is 9.60. The molecular formula is C21H26N6. The van der Waals surface area contributed by atoms with E-state index in [1.54, 1.807) is 0 Å². The molecule has 0 amide bonds. The Balaban J connectivity index is 1.69. The van der Waals surface area contributed by atoms with Crippen molar-refractivity contribution in [3.05, 3.63) is 47.2 Å². The van der Waals surface area contributed by atoms with Gasteiger partial charge in [-0.05, 0) is 38.8 Å². The third-order valence-electron chi connectivity index (χ3n) is 4.83. The Morgan fingerprint density at radius 2 is 1.93 bits per heavy atom. The van der Waals surface area contributed by atoms with Crippen molar-refractivity contribution in [3.8, 4) is 0 Å². The fraction of sp³-hybridized carbons (Fsp3) is 0.429. The molecule has 0 unspecified atom stereocenters. The average Bonchev–Trinajstić information content (AvgIpc) is 3.18. The van der Waals surface area contributed by atoms with Crippen LogP contribution in [0.5, 0.6) is 0 Å². The summed E-state index contributed by atoms with van der Waals surface area (Å²) in [7, 11) is 0. The normalized spacial score (nSPS) is 13.5. The van der Waals surface area contributed by atoms with Crippen molar-refractivity contribution in [1.29, 1.82) is 0 Å². The molecular weight excluding hydrogens is 336 g/mol. The molecule has 0 saturated carbocycles. The van der Waals surface area contributed by atoms with Crippen LogP contribution < -0.4 is 5.32 Å². The predicted octanol–water partition coefficient (Wildman–Crippen LogP) is 4.17. The van der Waals surface area contributed by atoms with Crippen LogP contribution in [0.1, 0.15) is 56.5 Å². The van der Waals surface area contributed by atoms with E-state index < -0.39 is 0 Å². The van der Waals surface area contributed by atoms with Gasteiger partial charge in [0.15, 0.2) is 5.65 Å². The first kappa shape index (κ1) is 17.6. The number of aryl methyl sites for hydroxylation is 1. The zero-order chi connectivity index (χ0) is 19.1. The molecule has 0 saturated heterocycles. The summed E-state index contributed by atoms with van der Waals surface area (Å²) >= 11 is 0. The number of aromatic nitrogens is 5. The van der Waals surface area contributed by atoms with Crippen molar-refractivity contribution in [2.75, 3.05) is 11.9 Å². The highest BCUT2D eigenvalue weighted by molar-refractivity contribution is 5.85. The van der Waals surface area contributed by atoms with Crippen molar-refractivity contribution in [1.82, 2.24) is 24.5 Å². The lowest BCUT2D eigenvalue weighted by atomic mass is 10.1. The van der Waals surface area contributed by atoms with Gasteiger partial charge in [-0.2, -0.15) is 0 Å². The maximum Gasteiger partial charge on any atom is 0.222 e. The van der Waals surface area contributed by atoms with E-state index in [0.29, 0.717) is 17.9 Å². The zero-order valence-electron chi connectivity index (χ0n) is 16.6. The summed E-state index contributed by atoms with van der Waals surface area (Å²) in [6.45, 7) is 11.6. The van der Waals surface area contributed by atoms with Gasteiger partial charge in [0, 0.05) is 36.3 Å². The van der Waals surface area contributed by atoms with Crippen molar-refractivity contribution in [2.24, 2.45) is 5.92 Å². The zero-order valence-corrected chi connectivity index (χ0v) is 16.6. The van der Waals surface area contributed by atoms with Crippen molar-refractivity contribution in [2.45, 2.75) is 47.1 Å². The van der Waals surface area contributed by atoms with Crippen LogP contribution in [0.2, 0.25) is 0 Å². The van der Waals surface area contributed by atoms with Gasteiger partial charge in [0.1, 0.15) is 11.3 Å². The lowest BCUT2D eigenvalue weighted by molar-refractivity contribution is 0.595. The number of allylic oxidation sites excluding steroid dienone is 1. The number of rotatable bonds is 5. The van der Waals surface area contributed by atoms with Gasteiger partial charge in [0.05, 0.1) is 11.4 Å². The molecule has 6 heteroatoms. The van der Waals surface area contributed by atoms with Crippen molar-refractivity contribution in [3.63, 3.8) is 0 Å². The predicted molar refractivity (Wildman–Crippen MR) is 109 cm³/mol. The maximum absolute atomic E-state index is 4.94. The van der Waals surface area contributed by atoms with E-state index in [4.69, 9.17) is 9.97 Å². The first-order valence-electron chi connectivity index (χ1n) is 9.60. The van der Waals surface area contributed by atoms with Gasteiger partial charge in [-0.1, -0.05) is 19.9 Å². The number of hydrogen-bond donors (Lipinski definition) is 1. The number of anilines is 1. The third-order valence-corrected chi connectivity index (χ3v) is 4.83. The minimum absolute atomic E-state index is 0.320. The van der Waals surface area contributed by atoms with Gasteiger partial charge >= 0.3 is 0 Å². The van der Waals surface area contributed by atoms with Crippen LogP contribution in [0.4, 0.5) is 5.95 Å². The van der Waals surface area contributed by atoms with E-state index >= 15 is 0 Å². The molecule has 1 aliphatic rings. The Morgan fingerprint density at radius 1 is 1.11 bits per heavy atom. The molecule has 27 heavy (non-hydrogen) atoms. The van der Waals surface area contributed by atoms with Gasteiger partial charge in [0.25, 0.3) is 0 Å². The van der Waals surface area contributed by atoms with Gasteiger partial charge < -0.3 is 9.88 Å². The molecule has 0 radical (unpaired) electrons. The molecule has 0 aliphatic heterocycles.